The third-order valence-electron chi connectivity index (χ3n) is 2.64. The summed E-state index contributed by atoms with van der Waals surface area (Å²) in [6.45, 7) is 0.828. The summed E-state index contributed by atoms with van der Waals surface area (Å²) in [4.78, 5) is 15.3. The lowest BCUT2D eigenvalue weighted by molar-refractivity contribution is -0.117. The van der Waals surface area contributed by atoms with E-state index in [4.69, 9.17) is 4.74 Å². The number of hydrogen-bond donors (Lipinski definition) is 2. The molecule has 88 valence electrons. The summed E-state index contributed by atoms with van der Waals surface area (Å²) in [5.41, 5.74) is 0. The predicted octanol–water partition coefficient (Wildman–Crippen LogP) is 1.09. The van der Waals surface area contributed by atoms with E-state index in [1.54, 1.807) is 0 Å². The van der Waals surface area contributed by atoms with Gasteiger partial charge in [-0.25, -0.2) is 5.10 Å². The van der Waals surface area contributed by atoms with Gasteiger partial charge in [0.25, 0.3) is 0 Å². The highest BCUT2D eigenvalue weighted by atomic mass is 16.5. The van der Waals surface area contributed by atoms with E-state index in [1.165, 1.54) is 12.7 Å². The maximum absolute atomic E-state index is 11.5. The van der Waals surface area contributed by atoms with Gasteiger partial charge in [-0.15, -0.1) is 0 Å². The van der Waals surface area contributed by atoms with E-state index in [1.807, 2.05) is 0 Å². The first-order valence-corrected chi connectivity index (χ1v) is 5.61. The number of H-pyrrole nitrogens is 1. The van der Waals surface area contributed by atoms with Crippen molar-refractivity contribution in [3.63, 3.8) is 0 Å². The second kappa shape index (κ2) is 5.60. The van der Waals surface area contributed by atoms with E-state index in [2.05, 4.69) is 20.5 Å². The Morgan fingerprint density at radius 1 is 1.62 bits per heavy atom. The molecule has 1 aliphatic heterocycles. The lowest BCUT2D eigenvalue weighted by atomic mass is 10.0. The average Bonchev–Trinajstić information content (AvgIpc) is 2.81. The number of aromatic amines is 1. The summed E-state index contributed by atoms with van der Waals surface area (Å²) >= 11 is 0. The zero-order valence-corrected chi connectivity index (χ0v) is 9.11. The quantitative estimate of drug-likeness (QED) is 0.802. The number of aromatic nitrogens is 3. The van der Waals surface area contributed by atoms with Gasteiger partial charge in [-0.2, -0.15) is 10.1 Å². The second-order valence-corrected chi connectivity index (χ2v) is 3.91. The summed E-state index contributed by atoms with van der Waals surface area (Å²) in [5.74, 6) is 0.348. The van der Waals surface area contributed by atoms with Crippen molar-refractivity contribution < 1.29 is 9.53 Å². The molecule has 1 aromatic rings. The number of nitrogens with one attached hydrogen (secondary N) is 2. The monoisotopic (exact) mass is 224 g/mol. The highest BCUT2D eigenvalue weighted by molar-refractivity contribution is 5.88. The molecule has 0 aliphatic carbocycles. The molecule has 2 rings (SSSR count). The number of hydrogen-bond acceptors (Lipinski definition) is 4. The van der Waals surface area contributed by atoms with Crippen LogP contribution in [0.2, 0.25) is 0 Å². The number of carbonyl (C=O) groups excluding carboxylic acids is 1. The Morgan fingerprint density at radius 2 is 2.56 bits per heavy atom. The molecule has 0 radical (unpaired) electrons. The van der Waals surface area contributed by atoms with Gasteiger partial charge in [0.1, 0.15) is 6.33 Å². The van der Waals surface area contributed by atoms with E-state index >= 15 is 0 Å². The molecule has 0 bridgehead atoms. The standard InChI is InChI=1S/C10H16N4O2/c15-9(13-10-11-7-12-14-10)5-4-8-3-1-2-6-16-8/h7-8H,1-6H2,(H2,11,12,13,14,15). The topological polar surface area (TPSA) is 79.9 Å². The molecule has 6 nitrogen and oxygen atoms in total. The van der Waals surface area contributed by atoms with Crippen molar-refractivity contribution in [1.29, 1.82) is 0 Å². The molecule has 1 saturated heterocycles. The smallest absolute Gasteiger partial charge is 0.226 e. The van der Waals surface area contributed by atoms with E-state index in [0.717, 1.165) is 25.9 Å². The zero-order valence-electron chi connectivity index (χ0n) is 9.11. The Labute approximate surface area is 93.8 Å². The number of rotatable bonds is 4. The number of nitrogens with zero attached hydrogens (tertiary/aromatic N) is 2. The van der Waals surface area contributed by atoms with Gasteiger partial charge in [0.15, 0.2) is 0 Å². The van der Waals surface area contributed by atoms with Gasteiger partial charge in [0.2, 0.25) is 11.9 Å². The molecule has 0 spiro atoms. The van der Waals surface area contributed by atoms with Crippen molar-refractivity contribution in [3.05, 3.63) is 6.33 Å². The number of amides is 1. The molecule has 1 aliphatic rings. The van der Waals surface area contributed by atoms with Crippen molar-refractivity contribution >= 4 is 11.9 Å². The molecule has 2 N–H and O–H groups in total. The molecule has 2 heterocycles. The van der Waals surface area contributed by atoms with Crippen molar-refractivity contribution in [2.75, 3.05) is 11.9 Å². The molecule has 1 atom stereocenters. The van der Waals surface area contributed by atoms with Gasteiger partial charge in [-0.05, 0) is 25.7 Å². The lowest BCUT2D eigenvalue weighted by Gasteiger charge is -2.21. The summed E-state index contributed by atoms with van der Waals surface area (Å²) in [6.07, 6.45) is 6.25. The maximum Gasteiger partial charge on any atom is 0.226 e. The van der Waals surface area contributed by atoms with Crippen LogP contribution in [0.25, 0.3) is 0 Å². The Hall–Kier alpha value is -1.43. The van der Waals surface area contributed by atoms with Crippen LogP contribution >= 0.6 is 0 Å². The first kappa shape index (κ1) is 11.1. The van der Waals surface area contributed by atoms with Crippen LogP contribution in [0, 0.1) is 0 Å². The van der Waals surface area contributed by atoms with E-state index < -0.39 is 0 Å². The lowest BCUT2D eigenvalue weighted by Crippen LogP contribution is -2.22. The molecule has 1 fully saturated rings. The normalized spacial score (nSPS) is 20.6. The SMILES string of the molecule is O=C(CCC1CCCCO1)Nc1ncn[nH]1. The van der Waals surface area contributed by atoms with Crippen molar-refractivity contribution in [3.8, 4) is 0 Å². The van der Waals surface area contributed by atoms with Crippen molar-refractivity contribution in [2.24, 2.45) is 0 Å². The van der Waals surface area contributed by atoms with Crippen LogP contribution in [0.1, 0.15) is 32.1 Å². The Balaban J connectivity index is 1.67. The minimum Gasteiger partial charge on any atom is -0.378 e. The number of anilines is 1. The van der Waals surface area contributed by atoms with Crippen LogP contribution < -0.4 is 5.32 Å². The third kappa shape index (κ3) is 3.30. The highest BCUT2D eigenvalue weighted by Crippen LogP contribution is 2.17. The predicted molar refractivity (Wildman–Crippen MR) is 57.8 cm³/mol. The van der Waals surface area contributed by atoms with Gasteiger partial charge in [0.05, 0.1) is 6.10 Å². The Bertz CT molecular complexity index is 320. The van der Waals surface area contributed by atoms with Crippen molar-refractivity contribution in [2.45, 2.75) is 38.2 Å². The highest BCUT2D eigenvalue weighted by Gasteiger charge is 2.15. The van der Waals surface area contributed by atoms with E-state index in [0.29, 0.717) is 12.4 Å². The van der Waals surface area contributed by atoms with Crippen LogP contribution in [-0.4, -0.2) is 33.8 Å². The largest absolute Gasteiger partial charge is 0.378 e. The fourth-order valence-electron chi connectivity index (χ4n) is 1.79. The number of carbonyl (C=O) groups is 1. The fraction of sp³-hybridized carbons (Fsp3) is 0.700. The summed E-state index contributed by atoms with van der Waals surface area (Å²) < 4.78 is 5.55. The minimum atomic E-state index is -0.0501. The van der Waals surface area contributed by atoms with Gasteiger partial charge in [0, 0.05) is 13.0 Å². The molecule has 1 amide bonds. The molecule has 0 saturated carbocycles. The minimum absolute atomic E-state index is 0.0501. The maximum atomic E-state index is 11.5. The van der Waals surface area contributed by atoms with E-state index in [-0.39, 0.29) is 12.0 Å². The second-order valence-electron chi connectivity index (χ2n) is 3.91. The third-order valence-corrected chi connectivity index (χ3v) is 2.64. The Morgan fingerprint density at radius 3 is 3.25 bits per heavy atom. The summed E-state index contributed by atoms with van der Waals surface area (Å²) in [7, 11) is 0. The molecule has 16 heavy (non-hydrogen) atoms. The molecular weight excluding hydrogens is 208 g/mol. The number of ether oxygens (including phenoxy) is 1. The van der Waals surface area contributed by atoms with Crippen LogP contribution in [0.5, 0.6) is 0 Å². The van der Waals surface area contributed by atoms with Gasteiger partial charge >= 0.3 is 0 Å². The van der Waals surface area contributed by atoms with Crippen LogP contribution in [0.4, 0.5) is 5.95 Å². The zero-order chi connectivity index (χ0) is 11.2. The first-order valence-electron chi connectivity index (χ1n) is 5.61. The summed E-state index contributed by atoms with van der Waals surface area (Å²) in [5, 5.41) is 8.87. The first-order chi connectivity index (χ1) is 7.84. The molecule has 1 unspecified atom stereocenters. The molecule has 6 heteroatoms. The molecular formula is C10H16N4O2. The van der Waals surface area contributed by atoms with Crippen LogP contribution in [0.3, 0.4) is 0 Å². The van der Waals surface area contributed by atoms with Crippen LogP contribution in [0.15, 0.2) is 6.33 Å². The van der Waals surface area contributed by atoms with Crippen molar-refractivity contribution in [1.82, 2.24) is 15.2 Å². The summed E-state index contributed by atoms with van der Waals surface area (Å²) in [6, 6.07) is 0. The fourth-order valence-corrected chi connectivity index (χ4v) is 1.79. The molecule has 1 aromatic heterocycles. The average molecular weight is 224 g/mol. The van der Waals surface area contributed by atoms with Gasteiger partial charge < -0.3 is 4.74 Å². The molecule has 0 aromatic carbocycles. The van der Waals surface area contributed by atoms with Gasteiger partial charge in [-0.1, -0.05) is 0 Å². The van der Waals surface area contributed by atoms with Crippen LogP contribution in [-0.2, 0) is 9.53 Å². The van der Waals surface area contributed by atoms with E-state index in [9.17, 15) is 4.79 Å². The van der Waals surface area contributed by atoms with Gasteiger partial charge in [-0.3, -0.25) is 10.1 Å². The Kier molecular flexibility index (Phi) is 3.87.